The van der Waals surface area contributed by atoms with E-state index in [-0.39, 0.29) is 19.3 Å². The van der Waals surface area contributed by atoms with Gasteiger partial charge in [0.2, 0.25) is 17.7 Å². The van der Waals surface area contributed by atoms with Crippen LogP contribution < -0.4 is 27.4 Å². The van der Waals surface area contributed by atoms with E-state index in [1.807, 2.05) is 0 Å². The van der Waals surface area contributed by atoms with Crippen LogP contribution in [0.25, 0.3) is 0 Å². The maximum Gasteiger partial charge on any atom is 0.326 e. The number of carboxylic acid groups (broad SMARTS) is 2. The third-order valence-corrected chi connectivity index (χ3v) is 6.09. The first kappa shape index (κ1) is 31.9. The highest BCUT2D eigenvalue weighted by atomic mass is 16.4. The lowest BCUT2D eigenvalue weighted by Gasteiger charge is -2.25. The highest BCUT2D eigenvalue weighted by molar-refractivity contribution is 5.94. The van der Waals surface area contributed by atoms with Crippen molar-refractivity contribution in [1.82, 2.24) is 25.9 Å². The van der Waals surface area contributed by atoms with Gasteiger partial charge in [-0.15, -0.1) is 0 Å². The minimum Gasteiger partial charge on any atom is -0.481 e. The number of nitrogens with two attached hydrogens (primary N) is 2. The van der Waals surface area contributed by atoms with Gasteiger partial charge in [0.25, 0.3) is 0 Å². The molecule has 4 unspecified atom stereocenters. The summed E-state index contributed by atoms with van der Waals surface area (Å²) in [4.78, 5) is 68.7. The van der Waals surface area contributed by atoms with Crippen LogP contribution in [-0.2, 0) is 36.8 Å². The first-order valence-corrected chi connectivity index (χ1v) is 12.9. The molecule has 4 atom stereocenters. The zero-order valence-electron chi connectivity index (χ0n) is 22.0. The van der Waals surface area contributed by atoms with Gasteiger partial charge < -0.3 is 42.6 Å². The number of aromatic amines is 1. The van der Waals surface area contributed by atoms with E-state index in [2.05, 4.69) is 25.9 Å². The highest BCUT2D eigenvalue weighted by Crippen LogP contribution is 2.08. The summed E-state index contributed by atoms with van der Waals surface area (Å²) >= 11 is 0. The van der Waals surface area contributed by atoms with E-state index in [1.54, 1.807) is 30.3 Å². The Morgan fingerprint density at radius 3 is 2.05 bits per heavy atom. The van der Waals surface area contributed by atoms with Crippen molar-refractivity contribution in [3.8, 4) is 0 Å². The molecule has 0 spiro atoms. The average molecular weight is 560 g/mol. The van der Waals surface area contributed by atoms with Crippen molar-refractivity contribution < 1.29 is 34.2 Å². The monoisotopic (exact) mass is 559 g/mol. The van der Waals surface area contributed by atoms with E-state index in [9.17, 15) is 29.1 Å². The maximum absolute atomic E-state index is 13.5. The molecule has 0 aliphatic rings. The molecule has 0 aliphatic carbocycles. The van der Waals surface area contributed by atoms with Gasteiger partial charge in [-0.05, 0) is 31.4 Å². The van der Waals surface area contributed by atoms with Gasteiger partial charge >= 0.3 is 11.9 Å². The molecule has 0 saturated carbocycles. The van der Waals surface area contributed by atoms with Gasteiger partial charge in [-0.1, -0.05) is 36.8 Å². The Hall–Kier alpha value is -4.30. The van der Waals surface area contributed by atoms with Gasteiger partial charge in [-0.2, -0.15) is 0 Å². The Balaban J connectivity index is 2.23. The number of benzene rings is 1. The van der Waals surface area contributed by atoms with E-state index in [4.69, 9.17) is 16.6 Å². The molecule has 1 aromatic heterocycles. The largest absolute Gasteiger partial charge is 0.481 e. The number of nitrogens with one attached hydrogen (secondary N) is 4. The molecular formula is C26H37N7O7. The molecule has 0 aliphatic heterocycles. The second kappa shape index (κ2) is 16.6. The lowest BCUT2D eigenvalue weighted by molar-refractivity contribution is -0.143. The van der Waals surface area contributed by atoms with Crippen molar-refractivity contribution in [2.24, 2.45) is 11.5 Å². The molecule has 218 valence electrons. The summed E-state index contributed by atoms with van der Waals surface area (Å²) in [6.45, 7) is 0.464. The number of H-pyrrole nitrogens is 1. The number of imidazole rings is 1. The second-order valence-corrected chi connectivity index (χ2v) is 9.32. The molecule has 1 heterocycles. The van der Waals surface area contributed by atoms with E-state index in [1.165, 1.54) is 12.5 Å². The average Bonchev–Trinajstić information content (AvgIpc) is 3.43. The first-order chi connectivity index (χ1) is 19.1. The van der Waals surface area contributed by atoms with Crippen LogP contribution in [0.1, 0.15) is 43.4 Å². The molecule has 14 nitrogen and oxygen atoms in total. The summed E-state index contributed by atoms with van der Waals surface area (Å²) in [5.41, 5.74) is 12.7. The molecule has 2 aromatic rings. The molecular weight excluding hydrogens is 522 g/mol. The van der Waals surface area contributed by atoms with Gasteiger partial charge in [0.15, 0.2) is 0 Å². The number of aliphatic carboxylic acids is 2. The van der Waals surface area contributed by atoms with Gasteiger partial charge in [0.05, 0.1) is 12.4 Å². The predicted octanol–water partition coefficient (Wildman–Crippen LogP) is -0.945. The summed E-state index contributed by atoms with van der Waals surface area (Å²) in [6, 6.07) is 4.19. The van der Waals surface area contributed by atoms with Crippen molar-refractivity contribution in [2.75, 3.05) is 6.54 Å². The predicted molar refractivity (Wildman–Crippen MR) is 144 cm³/mol. The lowest BCUT2D eigenvalue weighted by Crippen LogP contribution is -2.58. The number of amides is 3. The van der Waals surface area contributed by atoms with Gasteiger partial charge in [-0.25, -0.2) is 9.78 Å². The summed E-state index contributed by atoms with van der Waals surface area (Å²) in [6.07, 6.45) is 3.72. The molecule has 3 amide bonds. The molecule has 0 bridgehead atoms. The van der Waals surface area contributed by atoms with E-state index in [0.29, 0.717) is 31.5 Å². The van der Waals surface area contributed by atoms with Crippen molar-refractivity contribution in [3.05, 3.63) is 54.1 Å². The normalized spacial score (nSPS) is 13.8. The smallest absolute Gasteiger partial charge is 0.326 e. The number of nitrogens with zero attached hydrogens (tertiary/aromatic N) is 1. The van der Waals surface area contributed by atoms with Crippen LogP contribution in [0.15, 0.2) is 42.9 Å². The lowest BCUT2D eigenvalue weighted by atomic mass is 10.0. The molecule has 14 heteroatoms. The van der Waals surface area contributed by atoms with Gasteiger partial charge in [0, 0.05) is 31.2 Å². The number of carboxylic acids is 2. The van der Waals surface area contributed by atoms with Crippen LogP contribution in [0.3, 0.4) is 0 Å². The summed E-state index contributed by atoms with van der Waals surface area (Å²) in [7, 11) is 0. The van der Waals surface area contributed by atoms with Crippen molar-refractivity contribution >= 4 is 29.7 Å². The van der Waals surface area contributed by atoms with Crippen molar-refractivity contribution in [1.29, 1.82) is 0 Å². The summed E-state index contributed by atoms with van der Waals surface area (Å²) in [5, 5.41) is 25.9. The number of carbonyl (C=O) groups is 5. The molecule has 1 aromatic carbocycles. The first-order valence-electron chi connectivity index (χ1n) is 12.9. The minimum absolute atomic E-state index is 0.0759. The molecule has 0 saturated heterocycles. The number of aromatic nitrogens is 2. The third-order valence-electron chi connectivity index (χ3n) is 6.09. The minimum atomic E-state index is -1.49. The number of rotatable bonds is 18. The van der Waals surface area contributed by atoms with Gasteiger partial charge in [-0.3, -0.25) is 19.2 Å². The zero-order chi connectivity index (χ0) is 29.5. The number of carbonyl (C=O) groups excluding carboxylic acids is 3. The quantitative estimate of drug-likeness (QED) is 0.104. The number of hydrogen-bond acceptors (Lipinski definition) is 8. The van der Waals surface area contributed by atoms with Crippen LogP contribution in [0.2, 0.25) is 0 Å². The van der Waals surface area contributed by atoms with Gasteiger partial charge in [0.1, 0.15) is 18.1 Å². The Kier molecular flexibility index (Phi) is 13.3. The SMILES string of the molecule is NCCCCC(N)C(=O)NC(Cc1ccccc1)C(=O)NC(Cc1cnc[nH]1)C(=O)NC(CCC(=O)O)C(=O)O. The maximum atomic E-state index is 13.5. The van der Waals surface area contributed by atoms with E-state index < -0.39 is 60.2 Å². The standard InChI is InChI=1S/C26H37N7O7/c27-11-5-4-8-18(28)23(36)32-20(12-16-6-2-1-3-7-16)24(37)33-21(13-17-14-29-15-30-17)25(38)31-19(26(39)40)9-10-22(34)35/h1-3,6-7,14-15,18-21H,4-5,8-13,27-28H2,(H,29,30)(H,31,38)(H,32,36)(H,33,37)(H,34,35)(H,39,40). The fourth-order valence-corrected chi connectivity index (χ4v) is 3.87. The molecule has 2 rings (SSSR count). The molecule has 40 heavy (non-hydrogen) atoms. The highest BCUT2D eigenvalue weighted by Gasteiger charge is 2.31. The summed E-state index contributed by atoms with van der Waals surface area (Å²) < 4.78 is 0. The van der Waals surface area contributed by atoms with Crippen LogP contribution in [0.4, 0.5) is 0 Å². The number of hydrogen-bond donors (Lipinski definition) is 8. The summed E-state index contributed by atoms with van der Waals surface area (Å²) in [5.74, 6) is -4.71. The topological polar surface area (TPSA) is 243 Å². The number of unbranched alkanes of at least 4 members (excludes halogenated alkanes) is 1. The van der Waals surface area contributed by atoms with Crippen molar-refractivity contribution in [2.45, 2.75) is 69.1 Å². The molecule has 0 radical (unpaired) electrons. The van der Waals surface area contributed by atoms with Crippen LogP contribution >= 0.6 is 0 Å². The van der Waals surface area contributed by atoms with E-state index in [0.717, 1.165) is 5.56 Å². The zero-order valence-corrected chi connectivity index (χ0v) is 22.0. The second-order valence-electron chi connectivity index (χ2n) is 9.32. The fourth-order valence-electron chi connectivity index (χ4n) is 3.87. The Morgan fingerprint density at radius 2 is 1.48 bits per heavy atom. The Labute approximate surface area is 231 Å². The van der Waals surface area contributed by atoms with Crippen molar-refractivity contribution in [3.63, 3.8) is 0 Å². The fraction of sp³-hybridized carbons (Fsp3) is 0.462. The van der Waals surface area contributed by atoms with E-state index >= 15 is 0 Å². The third kappa shape index (κ3) is 11.2. The molecule has 10 N–H and O–H groups in total. The Bertz CT molecular complexity index is 1110. The Morgan fingerprint density at radius 1 is 0.850 bits per heavy atom. The van der Waals surface area contributed by atoms with Crippen LogP contribution in [-0.4, -0.2) is 80.6 Å². The van der Waals surface area contributed by atoms with Crippen LogP contribution in [0, 0.1) is 0 Å². The van der Waals surface area contributed by atoms with Crippen LogP contribution in [0.5, 0.6) is 0 Å². The molecule has 0 fully saturated rings.